The number of likely N-dealkylation sites (N-methyl/N-ethyl adjacent to an activating group) is 1. The van der Waals surface area contributed by atoms with E-state index in [0.29, 0.717) is 31.7 Å². The van der Waals surface area contributed by atoms with Crippen LogP contribution < -0.4 is 10.1 Å². The number of benzene rings is 3. The first kappa shape index (κ1) is 26.0. The largest absolute Gasteiger partial charge is 0.497 e. The summed E-state index contributed by atoms with van der Waals surface area (Å²) < 4.78 is 5.37. The van der Waals surface area contributed by atoms with Crippen LogP contribution in [0.25, 0.3) is 0 Å². The molecule has 184 valence electrons. The maximum absolute atomic E-state index is 13.6. The fraction of sp³-hybridized carbons (Fsp3) is 0.333. The molecule has 0 aliphatic carbocycles. The summed E-state index contributed by atoms with van der Waals surface area (Å²) in [7, 11) is 3.24. The van der Waals surface area contributed by atoms with Crippen LogP contribution in [0, 0.1) is 0 Å². The van der Waals surface area contributed by atoms with Gasteiger partial charge in [-0.15, -0.1) is 0 Å². The van der Waals surface area contributed by atoms with Crippen molar-refractivity contribution in [3.63, 3.8) is 0 Å². The summed E-state index contributed by atoms with van der Waals surface area (Å²) in [6.07, 6.45) is 1.39. The Kier molecular flexibility index (Phi) is 9.47. The number of hydrogen-bond acceptors (Lipinski definition) is 3. The van der Waals surface area contributed by atoms with E-state index in [0.717, 1.165) is 22.4 Å². The smallest absolute Gasteiger partial charge is 0.242 e. The van der Waals surface area contributed by atoms with Gasteiger partial charge in [0.15, 0.2) is 0 Å². The number of rotatable bonds is 11. The summed E-state index contributed by atoms with van der Waals surface area (Å²) >= 11 is 0. The highest BCUT2D eigenvalue weighted by Crippen LogP contribution is 2.20. The van der Waals surface area contributed by atoms with Gasteiger partial charge in [-0.3, -0.25) is 9.59 Å². The molecule has 1 atom stereocenters. The lowest BCUT2D eigenvalue weighted by atomic mass is 9.99. The molecule has 0 aliphatic heterocycles. The minimum Gasteiger partial charge on any atom is -0.497 e. The van der Waals surface area contributed by atoms with E-state index >= 15 is 0 Å². The molecule has 0 aliphatic rings. The van der Waals surface area contributed by atoms with Crippen molar-refractivity contribution in [2.24, 2.45) is 0 Å². The van der Waals surface area contributed by atoms with Gasteiger partial charge in [0.25, 0.3) is 0 Å². The van der Waals surface area contributed by atoms with Gasteiger partial charge in [-0.05, 0) is 46.7 Å². The topological polar surface area (TPSA) is 58.6 Å². The van der Waals surface area contributed by atoms with E-state index in [-0.39, 0.29) is 11.8 Å². The summed E-state index contributed by atoms with van der Waals surface area (Å²) in [4.78, 5) is 28.4. The third-order valence-corrected chi connectivity index (χ3v) is 6.28. The van der Waals surface area contributed by atoms with Crippen LogP contribution in [0.3, 0.4) is 0 Å². The molecule has 0 heterocycles. The number of methoxy groups -OCH3 is 1. The molecule has 5 heteroatoms. The number of amides is 2. The highest BCUT2D eigenvalue weighted by Gasteiger charge is 2.29. The van der Waals surface area contributed by atoms with Crippen molar-refractivity contribution in [3.05, 3.63) is 101 Å². The van der Waals surface area contributed by atoms with E-state index in [2.05, 4.69) is 43.4 Å². The number of carbonyl (C=O) groups is 2. The minimum absolute atomic E-state index is 0.0507. The highest BCUT2D eigenvalue weighted by atomic mass is 16.5. The van der Waals surface area contributed by atoms with Gasteiger partial charge in [0, 0.05) is 26.4 Å². The molecular formula is C30H36N2O3. The number of nitrogens with one attached hydrogen (secondary N) is 1. The number of nitrogens with zero attached hydrogens (tertiary/aromatic N) is 1. The lowest BCUT2D eigenvalue weighted by molar-refractivity contribution is -0.141. The Morgan fingerprint density at radius 3 is 2.20 bits per heavy atom. The zero-order valence-electron chi connectivity index (χ0n) is 21.2. The van der Waals surface area contributed by atoms with Crippen LogP contribution in [-0.4, -0.2) is 36.9 Å². The summed E-state index contributed by atoms with van der Waals surface area (Å²) in [5, 5.41) is 2.76. The monoisotopic (exact) mass is 472 g/mol. The summed E-state index contributed by atoms with van der Waals surface area (Å²) in [5.41, 5.74) is 4.32. The Hall–Kier alpha value is -3.60. The van der Waals surface area contributed by atoms with Crippen LogP contribution in [0.15, 0.2) is 78.9 Å². The molecule has 0 bridgehead atoms. The standard InChI is InChI=1S/C30H36N2O3/c1-22(2)26-16-13-23(14-17-26)15-18-29(33)32(21-25-11-8-12-27(19-25)35-4)28(30(34)31-3)20-24-9-6-5-7-10-24/h5-14,16-17,19,22,28H,15,18,20-21H2,1-4H3,(H,31,34)/t28-/m1/s1. The lowest BCUT2D eigenvalue weighted by Crippen LogP contribution is -2.49. The Balaban J connectivity index is 1.85. The van der Waals surface area contributed by atoms with Crippen LogP contribution in [-0.2, 0) is 29.0 Å². The van der Waals surface area contributed by atoms with E-state index in [4.69, 9.17) is 4.74 Å². The zero-order valence-corrected chi connectivity index (χ0v) is 21.2. The van der Waals surface area contributed by atoms with E-state index in [1.165, 1.54) is 5.56 Å². The average Bonchev–Trinajstić information content (AvgIpc) is 2.89. The number of carbonyl (C=O) groups excluding carboxylic acids is 2. The molecule has 3 aromatic rings. The molecule has 3 rings (SSSR count). The normalized spacial score (nSPS) is 11.7. The van der Waals surface area contributed by atoms with Crippen molar-refractivity contribution in [3.8, 4) is 5.75 Å². The van der Waals surface area contributed by atoms with Crippen LogP contribution in [0.2, 0.25) is 0 Å². The summed E-state index contributed by atoms with van der Waals surface area (Å²) in [6, 6.07) is 25.3. The van der Waals surface area contributed by atoms with Gasteiger partial charge in [-0.1, -0.05) is 80.6 Å². The Bertz CT molecular complexity index is 1090. The first-order chi connectivity index (χ1) is 16.9. The second-order valence-electron chi connectivity index (χ2n) is 9.09. The van der Waals surface area contributed by atoms with E-state index in [9.17, 15) is 9.59 Å². The van der Waals surface area contributed by atoms with Gasteiger partial charge in [-0.2, -0.15) is 0 Å². The van der Waals surface area contributed by atoms with Crippen molar-refractivity contribution >= 4 is 11.8 Å². The molecule has 1 N–H and O–H groups in total. The first-order valence-electron chi connectivity index (χ1n) is 12.2. The molecule has 5 nitrogen and oxygen atoms in total. The predicted molar refractivity (Wildman–Crippen MR) is 140 cm³/mol. The molecule has 3 aromatic carbocycles. The van der Waals surface area contributed by atoms with Gasteiger partial charge in [0.2, 0.25) is 11.8 Å². The van der Waals surface area contributed by atoms with Gasteiger partial charge in [-0.25, -0.2) is 0 Å². The van der Waals surface area contributed by atoms with Gasteiger partial charge >= 0.3 is 0 Å². The van der Waals surface area contributed by atoms with Crippen molar-refractivity contribution < 1.29 is 14.3 Å². The molecule has 0 spiro atoms. The maximum atomic E-state index is 13.6. The molecule has 0 aromatic heterocycles. The molecule has 0 unspecified atom stereocenters. The van der Waals surface area contributed by atoms with Crippen molar-refractivity contribution in [2.75, 3.05) is 14.2 Å². The van der Waals surface area contributed by atoms with Crippen molar-refractivity contribution in [1.82, 2.24) is 10.2 Å². The minimum atomic E-state index is -0.621. The fourth-order valence-electron chi connectivity index (χ4n) is 4.15. The molecule has 0 fully saturated rings. The van der Waals surface area contributed by atoms with Crippen molar-refractivity contribution in [1.29, 1.82) is 0 Å². The molecule has 35 heavy (non-hydrogen) atoms. The molecular weight excluding hydrogens is 436 g/mol. The number of aryl methyl sites for hydroxylation is 1. The SMILES string of the molecule is CNC(=O)[C@@H](Cc1ccccc1)N(Cc1cccc(OC)c1)C(=O)CCc1ccc(C(C)C)cc1. The van der Waals surface area contributed by atoms with Gasteiger partial charge in [0.05, 0.1) is 7.11 Å². The van der Waals surface area contributed by atoms with Gasteiger partial charge in [0.1, 0.15) is 11.8 Å². The molecule has 0 saturated heterocycles. The van der Waals surface area contributed by atoms with Crippen LogP contribution in [0.4, 0.5) is 0 Å². The third kappa shape index (κ3) is 7.44. The summed E-state index contributed by atoms with van der Waals surface area (Å²) in [6.45, 7) is 4.66. The van der Waals surface area contributed by atoms with Crippen LogP contribution >= 0.6 is 0 Å². The number of ether oxygens (including phenoxy) is 1. The van der Waals surface area contributed by atoms with Gasteiger partial charge < -0.3 is 15.0 Å². The molecule has 2 amide bonds. The van der Waals surface area contributed by atoms with E-state index in [1.807, 2.05) is 54.6 Å². The van der Waals surface area contributed by atoms with Crippen molar-refractivity contribution in [2.45, 2.75) is 51.6 Å². The zero-order chi connectivity index (χ0) is 25.2. The number of hydrogen-bond donors (Lipinski definition) is 1. The van der Waals surface area contributed by atoms with Crippen LogP contribution in [0.1, 0.15) is 48.4 Å². The predicted octanol–water partition coefficient (Wildman–Crippen LogP) is 5.14. The Morgan fingerprint density at radius 1 is 0.886 bits per heavy atom. The van der Waals surface area contributed by atoms with E-state index < -0.39 is 6.04 Å². The quantitative estimate of drug-likeness (QED) is 0.421. The summed E-state index contributed by atoms with van der Waals surface area (Å²) in [5.74, 6) is 0.965. The molecule has 0 saturated carbocycles. The lowest BCUT2D eigenvalue weighted by Gasteiger charge is -2.31. The average molecular weight is 473 g/mol. The third-order valence-electron chi connectivity index (χ3n) is 6.28. The fourth-order valence-corrected chi connectivity index (χ4v) is 4.15. The van der Waals surface area contributed by atoms with E-state index in [1.54, 1.807) is 19.1 Å². The Labute approximate surface area is 209 Å². The van der Waals surface area contributed by atoms with Crippen LogP contribution in [0.5, 0.6) is 5.75 Å². The second-order valence-corrected chi connectivity index (χ2v) is 9.09. The maximum Gasteiger partial charge on any atom is 0.242 e. The first-order valence-corrected chi connectivity index (χ1v) is 12.2. The highest BCUT2D eigenvalue weighted by molar-refractivity contribution is 5.88. The molecule has 0 radical (unpaired) electrons. The Morgan fingerprint density at radius 2 is 1.57 bits per heavy atom. The second kappa shape index (κ2) is 12.7.